The molecule has 1 heterocycles. The van der Waals surface area contributed by atoms with E-state index >= 15 is 0 Å². The number of hydrogen-bond donors (Lipinski definition) is 2. The number of sulfonamides is 1. The Hall–Kier alpha value is -0.130. The van der Waals surface area contributed by atoms with E-state index in [2.05, 4.69) is 10.0 Å². The Kier molecular flexibility index (Phi) is 5.02. The monoisotopic (exact) mass is 234 g/mol. The van der Waals surface area contributed by atoms with Crippen LogP contribution in [0.15, 0.2) is 0 Å². The second kappa shape index (κ2) is 5.82. The van der Waals surface area contributed by atoms with Crippen molar-refractivity contribution in [3.8, 4) is 0 Å². The Morgan fingerprint density at radius 2 is 2.07 bits per heavy atom. The van der Waals surface area contributed by atoms with Crippen LogP contribution in [-0.2, 0) is 10.0 Å². The first-order valence-electron chi connectivity index (χ1n) is 5.80. The van der Waals surface area contributed by atoms with Crippen LogP contribution in [0.2, 0.25) is 0 Å². The zero-order valence-electron chi connectivity index (χ0n) is 9.62. The fraction of sp³-hybridized carbons (Fsp3) is 1.00. The van der Waals surface area contributed by atoms with Crippen molar-refractivity contribution in [1.82, 2.24) is 10.0 Å². The second-order valence-electron chi connectivity index (χ2n) is 4.21. The molecule has 0 bridgehead atoms. The highest BCUT2D eigenvalue weighted by Crippen LogP contribution is 2.08. The molecule has 1 aliphatic heterocycles. The van der Waals surface area contributed by atoms with E-state index in [9.17, 15) is 8.42 Å². The van der Waals surface area contributed by atoms with Gasteiger partial charge in [0.05, 0.1) is 5.75 Å². The largest absolute Gasteiger partial charge is 0.313 e. The fourth-order valence-electron chi connectivity index (χ4n) is 1.92. The molecule has 1 fully saturated rings. The van der Waals surface area contributed by atoms with Gasteiger partial charge in [-0.1, -0.05) is 13.8 Å². The third kappa shape index (κ3) is 4.49. The maximum Gasteiger partial charge on any atom is 0.213 e. The quantitative estimate of drug-likeness (QED) is 0.716. The third-order valence-electron chi connectivity index (χ3n) is 2.91. The highest BCUT2D eigenvalue weighted by atomic mass is 32.2. The minimum absolute atomic E-state index is 0.0939. The molecule has 2 N–H and O–H groups in total. The van der Waals surface area contributed by atoms with Gasteiger partial charge in [-0.15, -0.1) is 0 Å². The lowest BCUT2D eigenvalue weighted by molar-refractivity contribution is 0.521. The summed E-state index contributed by atoms with van der Waals surface area (Å²) in [5.74, 6) is 0.226. The van der Waals surface area contributed by atoms with Crippen molar-refractivity contribution in [2.45, 2.75) is 51.6 Å². The van der Waals surface area contributed by atoms with Crippen LogP contribution in [0.3, 0.4) is 0 Å². The lowest BCUT2D eigenvalue weighted by Crippen LogP contribution is -2.41. The van der Waals surface area contributed by atoms with Gasteiger partial charge in [-0.25, -0.2) is 13.1 Å². The van der Waals surface area contributed by atoms with Gasteiger partial charge in [0.1, 0.15) is 0 Å². The van der Waals surface area contributed by atoms with Crippen LogP contribution in [0.4, 0.5) is 0 Å². The summed E-state index contributed by atoms with van der Waals surface area (Å²) in [5.41, 5.74) is 0. The molecule has 0 spiro atoms. The Labute approximate surface area is 92.9 Å². The summed E-state index contributed by atoms with van der Waals surface area (Å²) in [7, 11) is -3.10. The molecule has 0 aliphatic carbocycles. The van der Waals surface area contributed by atoms with Gasteiger partial charge in [0.25, 0.3) is 0 Å². The van der Waals surface area contributed by atoms with Crippen LogP contribution in [0.5, 0.6) is 0 Å². The molecule has 0 radical (unpaired) electrons. The Balaban J connectivity index is 2.43. The van der Waals surface area contributed by atoms with Crippen LogP contribution in [-0.4, -0.2) is 32.8 Å². The molecule has 0 aromatic rings. The first kappa shape index (κ1) is 12.9. The topological polar surface area (TPSA) is 58.2 Å². The van der Waals surface area contributed by atoms with Crippen LogP contribution >= 0.6 is 0 Å². The molecular formula is C10H22N2O2S. The summed E-state index contributed by atoms with van der Waals surface area (Å²) in [4.78, 5) is 0. The molecule has 0 aromatic carbocycles. The van der Waals surface area contributed by atoms with E-state index in [1.165, 1.54) is 0 Å². The SMILES string of the molecule is CCC(CC)NS(=O)(=O)CC1CCCN1. The molecule has 0 aromatic heterocycles. The summed E-state index contributed by atoms with van der Waals surface area (Å²) in [6.07, 6.45) is 3.77. The van der Waals surface area contributed by atoms with Gasteiger partial charge in [0, 0.05) is 12.1 Å². The van der Waals surface area contributed by atoms with Crippen LogP contribution in [0, 0.1) is 0 Å². The molecule has 1 saturated heterocycles. The smallest absolute Gasteiger partial charge is 0.213 e. The molecular weight excluding hydrogens is 212 g/mol. The number of hydrogen-bond acceptors (Lipinski definition) is 3. The molecule has 0 saturated carbocycles. The molecule has 1 unspecified atom stereocenters. The van der Waals surface area contributed by atoms with Crippen molar-refractivity contribution in [1.29, 1.82) is 0 Å². The predicted molar refractivity (Wildman–Crippen MR) is 62.3 cm³/mol. The molecule has 5 heteroatoms. The Morgan fingerprint density at radius 3 is 2.53 bits per heavy atom. The molecule has 1 aliphatic rings. The van der Waals surface area contributed by atoms with Crippen LogP contribution in [0.25, 0.3) is 0 Å². The van der Waals surface area contributed by atoms with Crippen LogP contribution in [0.1, 0.15) is 39.5 Å². The first-order valence-corrected chi connectivity index (χ1v) is 7.46. The van der Waals surface area contributed by atoms with Gasteiger partial charge in [0.15, 0.2) is 0 Å². The van der Waals surface area contributed by atoms with Gasteiger partial charge in [-0.2, -0.15) is 0 Å². The normalized spacial score (nSPS) is 22.5. The zero-order valence-corrected chi connectivity index (χ0v) is 10.4. The van der Waals surface area contributed by atoms with Crippen molar-refractivity contribution in [2.75, 3.05) is 12.3 Å². The van der Waals surface area contributed by atoms with Crippen molar-refractivity contribution in [3.05, 3.63) is 0 Å². The van der Waals surface area contributed by atoms with E-state index in [1.54, 1.807) is 0 Å². The average Bonchev–Trinajstić information content (AvgIpc) is 2.66. The fourth-order valence-corrected chi connectivity index (χ4v) is 3.67. The van der Waals surface area contributed by atoms with Gasteiger partial charge in [-0.05, 0) is 32.2 Å². The third-order valence-corrected chi connectivity index (χ3v) is 4.45. The summed E-state index contributed by atoms with van der Waals surface area (Å²) in [6, 6.07) is 0.244. The standard InChI is InChI=1S/C10H22N2O2S/c1-3-9(4-2)12-15(13,14)8-10-6-5-7-11-10/h9-12H,3-8H2,1-2H3. The second-order valence-corrected chi connectivity index (χ2v) is 6.00. The average molecular weight is 234 g/mol. The van der Waals surface area contributed by atoms with Crippen molar-refractivity contribution >= 4 is 10.0 Å². The lowest BCUT2D eigenvalue weighted by Gasteiger charge is -2.17. The summed E-state index contributed by atoms with van der Waals surface area (Å²) in [5, 5.41) is 3.20. The number of nitrogens with one attached hydrogen (secondary N) is 2. The summed E-state index contributed by atoms with van der Waals surface area (Å²) >= 11 is 0. The molecule has 1 rings (SSSR count). The van der Waals surface area contributed by atoms with E-state index < -0.39 is 10.0 Å². The highest BCUT2D eigenvalue weighted by molar-refractivity contribution is 7.89. The molecule has 1 atom stereocenters. The van der Waals surface area contributed by atoms with E-state index in [4.69, 9.17) is 0 Å². The van der Waals surface area contributed by atoms with E-state index in [0.29, 0.717) is 0 Å². The van der Waals surface area contributed by atoms with E-state index in [0.717, 1.165) is 32.2 Å². The Morgan fingerprint density at radius 1 is 1.40 bits per heavy atom. The minimum atomic E-state index is -3.10. The van der Waals surface area contributed by atoms with Gasteiger partial charge >= 0.3 is 0 Å². The Bertz CT molecular complexity index is 257. The van der Waals surface area contributed by atoms with Crippen LogP contribution < -0.4 is 10.0 Å². The van der Waals surface area contributed by atoms with Gasteiger partial charge in [0.2, 0.25) is 10.0 Å². The predicted octanol–water partition coefficient (Wildman–Crippen LogP) is 0.846. The maximum absolute atomic E-state index is 11.8. The molecule has 0 amide bonds. The van der Waals surface area contributed by atoms with Gasteiger partial charge < -0.3 is 5.32 Å². The minimum Gasteiger partial charge on any atom is -0.313 e. The van der Waals surface area contributed by atoms with Gasteiger partial charge in [-0.3, -0.25) is 0 Å². The molecule has 4 nitrogen and oxygen atoms in total. The van der Waals surface area contributed by atoms with E-state index in [-0.39, 0.29) is 17.8 Å². The highest BCUT2D eigenvalue weighted by Gasteiger charge is 2.23. The lowest BCUT2D eigenvalue weighted by atomic mass is 10.2. The summed E-state index contributed by atoms with van der Waals surface area (Å²) in [6.45, 7) is 4.96. The van der Waals surface area contributed by atoms with Crippen molar-refractivity contribution in [3.63, 3.8) is 0 Å². The molecule has 90 valence electrons. The van der Waals surface area contributed by atoms with Crippen molar-refractivity contribution in [2.24, 2.45) is 0 Å². The first-order chi connectivity index (χ1) is 7.07. The van der Waals surface area contributed by atoms with E-state index in [1.807, 2.05) is 13.8 Å². The maximum atomic E-state index is 11.8. The van der Waals surface area contributed by atoms with Crippen molar-refractivity contribution < 1.29 is 8.42 Å². The molecule has 15 heavy (non-hydrogen) atoms. The zero-order chi connectivity index (χ0) is 11.3. The summed E-state index contributed by atoms with van der Waals surface area (Å²) < 4.78 is 26.3. The number of rotatable bonds is 6.